The van der Waals surface area contributed by atoms with Gasteiger partial charge >= 0.3 is 0 Å². The van der Waals surface area contributed by atoms with E-state index in [1.807, 2.05) is 0 Å². The average molecular weight is 283 g/mol. The van der Waals surface area contributed by atoms with Gasteiger partial charge in [0.15, 0.2) is 0 Å². The Balaban J connectivity index is 2.01. The van der Waals surface area contributed by atoms with Gasteiger partial charge in [0.2, 0.25) is 0 Å². The Hall–Kier alpha value is -1.61. The van der Waals surface area contributed by atoms with Gasteiger partial charge in [-0.15, -0.1) is 0 Å². The molecule has 1 saturated heterocycles. The summed E-state index contributed by atoms with van der Waals surface area (Å²) in [4.78, 5) is 7.40. The van der Waals surface area contributed by atoms with Gasteiger partial charge in [-0.3, -0.25) is 0 Å². The number of benzene rings is 1. The Morgan fingerprint density at radius 3 is 2.71 bits per heavy atom. The summed E-state index contributed by atoms with van der Waals surface area (Å²) in [7, 11) is 0. The van der Waals surface area contributed by atoms with Gasteiger partial charge < -0.3 is 10.6 Å². The Labute approximate surface area is 127 Å². The zero-order chi connectivity index (χ0) is 14.8. The number of nitrogens with zero attached hydrogens (tertiary/aromatic N) is 2. The molecule has 3 heteroatoms. The van der Waals surface area contributed by atoms with E-state index in [-0.39, 0.29) is 6.04 Å². The first-order chi connectivity index (χ1) is 10.1. The molecule has 0 bridgehead atoms. The van der Waals surface area contributed by atoms with E-state index < -0.39 is 0 Å². The molecule has 2 aromatic rings. The summed E-state index contributed by atoms with van der Waals surface area (Å²) in [5.41, 5.74) is 8.42. The summed E-state index contributed by atoms with van der Waals surface area (Å²) >= 11 is 0. The van der Waals surface area contributed by atoms with E-state index in [1.54, 1.807) is 0 Å². The van der Waals surface area contributed by atoms with E-state index in [4.69, 9.17) is 10.7 Å². The molecule has 21 heavy (non-hydrogen) atoms. The van der Waals surface area contributed by atoms with Crippen molar-refractivity contribution in [3.05, 3.63) is 35.9 Å². The largest absolute Gasteiger partial charge is 0.356 e. The number of anilines is 1. The second-order valence-electron chi connectivity index (χ2n) is 6.51. The highest BCUT2D eigenvalue weighted by Crippen LogP contribution is 2.28. The van der Waals surface area contributed by atoms with Crippen molar-refractivity contribution in [1.29, 1.82) is 0 Å². The summed E-state index contributed by atoms with van der Waals surface area (Å²) in [6.45, 7) is 6.63. The van der Waals surface area contributed by atoms with Gasteiger partial charge in [0, 0.05) is 24.5 Å². The first-order valence-corrected chi connectivity index (χ1v) is 8.02. The van der Waals surface area contributed by atoms with E-state index >= 15 is 0 Å². The van der Waals surface area contributed by atoms with E-state index in [2.05, 4.69) is 49.1 Å². The summed E-state index contributed by atoms with van der Waals surface area (Å²) in [6, 6.07) is 10.8. The van der Waals surface area contributed by atoms with Crippen LogP contribution in [0.2, 0.25) is 0 Å². The number of pyridine rings is 1. The van der Waals surface area contributed by atoms with Crippen LogP contribution in [-0.4, -0.2) is 24.1 Å². The molecule has 0 amide bonds. The third-order valence-corrected chi connectivity index (χ3v) is 4.41. The van der Waals surface area contributed by atoms with Crippen LogP contribution in [0.15, 0.2) is 30.3 Å². The highest BCUT2D eigenvalue weighted by Gasteiger charge is 2.20. The van der Waals surface area contributed by atoms with E-state index in [1.165, 1.54) is 23.8 Å². The average Bonchev–Trinajstić information content (AvgIpc) is 2.47. The smallest absolute Gasteiger partial charge is 0.132 e. The van der Waals surface area contributed by atoms with Gasteiger partial charge in [0.1, 0.15) is 5.82 Å². The van der Waals surface area contributed by atoms with Crippen LogP contribution in [0.4, 0.5) is 5.82 Å². The van der Waals surface area contributed by atoms with Crippen molar-refractivity contribution in [1.82, 2.24) is 4.98 Å². The minimum Gasteiger partial charge on any atom is -0.356 e. The van der Waals surface area contributed by atoms with Crippen LogP contribution in [-0.2, 0) is 6.42 Å². The summed E-state index contributed by atoms with van der Waals surface area (Å²) in [6.07, 6.45) is 3.40. The molecule has 1 aromatic carbocycles. The molecule has 3 nitrogen and oxygen atoms in total. The molecule has 1 unspecified atom stereocenters. The van der Waals surface area contributed by atoms with Crippen molar-refractivity contribution in [2.24, 2.45) is 11.7 Å². The third kappa shape index (κ3) is 3.18. The molecule has 0 aliphatic carbocycles. The topological polar surface area (TPSA) is 42.1 Å². The maximum absolute atomic E-state index is 6.04. The van der Waals surface area contributed by atoms with Crippen LogP contribution in [0.3, 0.4) is 0 Å². The van der Waals surface area contributed by atoms with Gasteiger partial charge in [0.25, 0.3) is 0 Å². The minimum atomic E-state index is 0.162. The number of piperidine rings is 1. The summed E-state index contributed by atoms with van der Waals surface area (Å²) < 4.78 is 0. The van der Waals surface area contributed by atoms with Gasteiger partial charge in [-0.05, 0) is 49.8 Å². The Morgan fingerprint density at radius 1 is 1.29 bits per heavy atom. The Bertz CT molecular complexity index is 613. The van der Waals surface area contributed by atoms with Crippen molar-refractivity contribution >= 4 is 16.7 Å². The fraction of sp³-hybridized carbons (Fsp3) is 0.500. The van der Waals surface area contributed by atoms with Crippen molar-refractivity contribution < 1.29 is 0 Å². The number of hydrogen-bond acceptors (Lipinski definition) is 3. The van der Waals surface area contributed by atoms with Crippen molar-refractivity contribution in [3.63, 3.8) is 0 Å². The Kier molecular flexibility index (Phi) is 4.11. The first kappa shape index (κ1) is 14.3. The zero-order valence-electron chi connectivity index (χ0n) is 13.0. The van der Waals surface area contributed by atoms with E-state index in [0.29, 0.717) is 0 Å². The number of fused-ring (bicyclic) bond motifs is 1. The standard InChI is InChI=1S/C18H25N3/c1-13-7-9-21(10-8-13)18-16(11-14(2)19)12-15-5-3-4-6-17(15)20-18/h3-6,12-14H,7-11,19H2,1-2H3. The Morgan fingerprint density at radius 2 is 2.00 bits per heavy atom. The lowest BCUT2D eigenvalue weighted by molar-refractivity contribution is 0.436. The third-order valence-electron chi connectivity index (χ3n) is 4.41. The lowest BCUT2D eigenvalue weighted by atomic mass is 9.98. The van der Waals surface area contributed by atoms with E-state index in [9.17, 15) is 0 Å². The fourth-order valence-electron chi connectivity index (χ4n) is 3.14. The maximum atomic E-state index is 6.04. The monoisotopic (exact) mass is 283 g/mol. The maximum Gasteiger partial charge on any atom is 0.132 e. The predicted octanol–water partition coefficient (Wildman–Crippen LogP) is 3.36. The molecule has 112 valence electrons. The van der Waals surface area contributed by atoms with Gasteiger partial charge in [0.05, 0.1) is 5.52 Å². The molecule has 0 spiro atoms. The van der Waals surface area contributed by atoms with Crippen LogP contribution in [0.5, 0.6) is 0 Å². The van der Waals surface area contributed by atoms with Gasteiger partial charge in [-0.25, -0.2) is 4.98 Å². The summed E-state index contributed by atoms with van der Waals surface area (Å²) in [5, 5.41) is 1.21. The molecule has 1 aliphatic heterocycles. The van der Waals surface area contributed by atoms with Crippen LogP contribution >= 0.6 is 0 Å². The number of rotatable bonds is 3. The zero-order valence-corrected chi connectivity index (χ0v) is 13.0. The number of hydrogen-bond donors (Lipinski definition) is 1. The van der Waals surface area contributed by atoms with Crippen molar-refractivity contribution in [2.75, 3.05) is 18.0 Å². The number of para-hydroxylation sites is 1. The SMILES string of the molecule is CC(N)Cc1cc2ccccc2nc1N1CCC(C)CC1. The summed E-state index contributed by atoms with van der Waals surface area (Å²) in [5.74, 6) is 1.98. The lowest BCUT2D eigenvalue weighted by Crippen LogP contribution is -2.34. The molecule has 0 saturated carbocycles. The molecular formula is C18H25N3. The van der Waals surface area contributed by atoms with Gasteiger partial charge in [-0.1, -0.05) is 25.1 Å². The fourth-order valence-corrected chi connectivity index (χ4v) is 3.14. The van der Waals surface area contributed by atoms with Crippen LogP contribution < -0.4 is 10.6 Å². The molecule has 0 radical (unpaired) electrons. The number of aromatic nitrogens is 1. The minimum absolute atomic E-state index is 0.162. The lowest BCUT2D eigenvalue weighted by Gasteiger charge is -2.33. The first-order valence-electron chi connectivity index (χ1n) is 8.02. The highest BCUT2D eigenvalue weighted by molar-refractivity contribution is 5.81. The second kappa shape index (κ2) is 6.02. The highest BCUT2D eigenvalue weighted by atomic mass is 15.2. The molecule has 1 atom stereocenters. The molecule has 1 fully saturated rings. The second-order valence-corrected chi connectivity index (χ2v) is 6.51. The van der Waals surface area contributed by atoms with Crippen molar-refractivity contribution in [3.8, 4) is 0 Å². The molecule has 1 aliphatic rings. The van der Waals surface area contributed by atoms with Crippen molar-refractivity contribution in [2.45, 2.75) is 39.2 Å². The molecule has 1 aromatic heterocycles. The predicted molar refractivity (Wildman–Crippen MR) is 89.7 cm³/mol. The molecule has 3 rings (SSSR count). The quantitative estimate of drug-likeness (QED) is 0.939. The van der Waals surface area contributed by atoms with Crippen LogP contribution in [0.1, 0.15) is 32.3 Å². The number of nitrogens with two attached hydrogens (primary N) is 1. The van der Waals surface area contributed by atoms with Gasteiger partial charge in [-0.2, -0.15) is 0 Å². The van der Waals surface area contributed by atoms with E-state index in [0.717, 1.165) is 36.8 Å². The van der Waals surface area contributed by atoms with Crippen LogP contribution in [0.25, 0.3) is 10.9 Å². The normalized spacial score (nSPS) is 18.1. The molecular weight excluding hydrogens is 258 g/mol. The van der Waals surface area contributed by atoms with Crippen LogP contribution in [0, 0.1) is 5.92 Å². The molecule has 2 heterocycles. The molecule has 2 N–H and O–H groups in total.